The number of aromatic nitrogens is 1. The van der Waals surface area contributed by atoms with Gasteiger partial charge in [0.15, 0.2) is 0 Å². The van der Waals surface area contributed by atoms with Crippen LogP contribution in [0, 0.1) is 5.82 Å². The number of halogens is 1. The molecule has 0 radical (unpaired) electrons. The van der Waals surface area contributed by atoms with Crippen LogP contribution in [0.15, 0.2) is 48.8 Å². The van der Waals surface area contributed by atoms with E-state index in [9.17, 15) is 9.18 Å². The minimum absolute atomic E-state index is 0.0465. The second-order valence-corrected chi connectivity index (χ2v) is 7.82. The molecule has 1 aromatic heterocycles. The first kappa shape index (κ1) is 18.1. The number of rotatable bonds is 4. The van der Waals surface area contributed by atoms with E-state index in [0.29, 0.717) is 13.0 Å². The molecule has 2 aliphatic rings. The quantitative estimate of drug-likeness (QED) is 0.825. The van der Waals surface area contributed by atoms with Gasteiger partial charge in [0.1, 0.15) is 5.82 Å². The van der Waals surface area contributed by atoms with Gasteiger partial charge in [-0.3, -0.25) is 14.7 Å². The fourth-order valence-electron chi connectivity index (χ4n) is 4.56. The lowest BCUT2D eigenvalue weighted by Crippen LogP contribution is -2.45. The molecule has 1 atom stereocenters. The number of amides is 1. The smallest absolute Gasteiger partial charge is 0.223 e. The van der Waals surface area contributed by atoms with Crippen LogP contribution in [-0.2, 0) is 17.9 Å². The van der Waals surface area contributed by atoms with Gasteiger partial charge in [0.2, 0.25) is 5.91 Å². The molecule has 3 heterocycles. The Bertz CT molecular complexity index is 780. The topological polar surface area (TPSA) is 36.4 Å². The molecule has 5 heteroatoms. The van der Waals surface area contributed by atoms with Gasteiger partial charge in [0.25, 0.3) is 0 Å². The zero-order valence-corrected chi connectivity index (χ0v) is 15.6. The summed E-state index contributed by atoms with van der Waals surface area (Å²) in [6, 6.07) is 10.6. The second-order valence-electron chi connectivity index (χ2n) is 7.82. The lowest BCUT2D eigenvalue weighted by atomic mass is 9.87. The molecule has 1 aromatic carbocycles. The fraction of sp³-hybridized carbons (Fsp3) is 0.455. The van der Waals surface area contributed by atoms with Gasteiger partial charge >= 0.3 is 0 Å². The van der Waals surface area contributed by atoms with E-state index in [1.54, 1.807) is 18.3 Å². The van der Waals surface area contributed by atoms with E-state index in [0.717, 1.165) is 50.9 Å². The lowest BCUT2D eigenvalue weighted by Gasteiger charge is -2.38. The van der Waals surface area contributed by atoms with Crippen molar-refractivity contribution >= 4 is 5.91 Å². The zero-order chi connectivity index (χ0) is 18.7. The van der Waals surface area contributed by atoms with Crippen LogP contribution in [-0.4, -0.2) is 39.3 Å². The number of pyridine rings is 1. The molecule has 1 spiro atoms. The Labute approximate surface area is 160 Å². The maximum Gasteiger partial charge on any atom is 0.223 e. The Kier molecular flexibility index (Phi) is 5.21. The fourth-order valence-corrected chi connectivity index (χ4v) is 4.56. The molecule has 4 rings (SSSR count). The summed E-state index contributed by atoms with van der Waals surface area (Å²) in [6.07, 6.45) is 8.44. The number of carbonyl (C=O) groups excluding carboxylic acids is 1. The molecule has 0 N–H and O–H groups in total. The van der Waals surface area contributed by atoms with E-state index >= 15 is 0 Å². The van der Waals surface area contributed by atoms with Crippen LogP contribution in [0.3, 0.4) is 0 Å². The van der Waals surface area contributed by atoms with Crippen molar-refractivity contribution in [3.63, 3.8) is 0 Å². The summed E-state index contributed by atoms with van der Waals surface area (Å²) in [7, 11) is 0. The normalized spacial score (nSPS) is 23.7. The van der Waals surface area contributed by atoms with Crippen LogP contribution in [0.4, 0.5) is 4.39 Å². The van der Waals surface area contributed by atoms with E-state index in [4.69, 9.17) is 0 Å². The number of hydrogen-bond donors (Lipinski definition) is 0. The first-order valence-corrected chi connectivity index (χ1v) is 9.81. The van der Waals surface area contributed by atoms with Gasteiger partial charge in [-0.25, -0.2) is 4.39 Å². The molecule has 2 fully saturated rings. The molecule has 0 unspecified atom stereocenters. The summed E-state index contributed by atoms with van der Waals surface area (Å²) in [5.74, 6) is 0.00163. The molecular weight excluding hydrogens is 341 g/mol. The van der Waals surface area contributed by atoms with E-state index in [1.807, 2.05) is 12.3 Å². The van der Waals surface area contributed by atoms with Gasteiger partial charge in [-0.05, 0) is 61.6 Å². The molecule has 4 nitrogen and oxygen atoms in total. The second kappa shape index (κ2) is 7.77. The number of carbonyl (C=O) groups is 1. The third kappa shape index (κ3) is 4.03. The zero-order valence-electron chi connectivity index (χ0n) is 15.6. The standard InChI is InChI=1S/C22H26FN3O/c23-20-6-4-18(5-7-20)17-26-21(27)8-10-22(26)9-2-13-25(14-11-22)16-19-3-1-12-24-15-19/h1,3-7,12,15H,2,8-11,13-14,16-17H2/t22-/m0/s1. The van der Waals surface area contributed by atoms with Crippen molar-refractivity contribution in [2.24, 2.45) is 0 Å². The molecule has 2 aliphatic heterocycles. The van der Waals surface area contributed by atoms with E-state index < -0.39 is 0 Å². The van der Waals surface area contributed by atoms with E-state index in [-0.39, 0.29) is 17.3 Å². The van der Waals surface area contributed by atoms with Gasteiger partial charge in [-0.2, -0.15) is 0 Å². The van der Waals surface area contributed by atoms with Crippen LogP contribution in [0.5, 0.6) is 0 Å². The average Bonchev–Trinajstić information content (AvgIpc) is 2.85. The lowest BCUT2D eigenvalue weighted by molar-refractivity contribution is -0.132. The summed E-state index contributed by atoms with van der Waals surface area (Å²) < 4.78 is 13.2. The molecule has 1 amide bonds. The molecular formula is C22H26FN3O. The van der Waals surface area contributed by atoms with Gasteiger partial charge in [0.05, 0.1) is 0 Å². The van der Waals surface area contributed by atoms with Gasteiger partial charge < -0.3 is 4.90 Å². The Morgan fingerprint density at radius 2 is 1.85 bits per heavy atom. The molecule has 0 bridgehead atoms. The summed E-state index contributed by atoms with van der Waals surface area (Å²) in [6.45, 7) is 3.54. The minimum Gasteiger partial charge on any atom is -0.333 e. The molecule has 2 aromatic rings. The van der Waals surface area contributed by atoms with Crippen molar-refractivity contribution in [3.05, 3.63) is 65.7 Å². The van der Waals surface area contributed by atoms with E-state index in [2.05, 4.69) is 20.9 Å². The number of likely N-dealkylation sites (tertiary alicyclic amines) is 2. The summed E-state index contributed by atoms with van der Waals surface area (Å²) in [4.78, 5) is 21.4. The third-order valence-corrected chi connectivity index (χ3v) is 6.07. The maximum absolute atomic E-state index is 13.2. The van der Waals surface area contributed by atoms with Crippen molar-refractivity contribution in [1.29, 1.82) is 0 Å². The summed E-state index contributed by atoms with van der Waals surface area (Å²) in [5, 5.41) is 0. The maximum atomic E-state index is 13.2. The SMILES string of the molecule is O=C1CC[C@]2(CCCN(Cc3cccnc3)CC2)N1Cc1ccc(F)cc1. The number of nitrogens with zero attached hydrogens (tertiary/aromatic N) is 3. The monoisotopic (exact) mass is 367 g/mol. The number of benzene rings is 1. The van der Waals surface area contributed by atoms with Crippen molar-refractivity contribution in [3.8, 4) is 0 Å². The predicted molar refractivity (Wildman–Crippen MR) is 102 cm³/mol. The Morgan fingerprint density at radius 3 is 2.63 bits per heavy atom. The molecule has 27 heavy (non-hydrogen) atoms. The molecule has 0 aliphatic carbocycles. The first-order valence-electron chi connectivity index (χ1n) is 9.81. The van der Waals surface area contributed by atoms with Crippen LogP contribution in [0.2, 0.25) is 0 Å². The van der Waals surface area contributed by atoms with Gasteiger partial charge in [-0.1, -0.05) is 18.2 Å². The van der Waals surface area contributed by atoms with Crippen molar-refractivity contribution in [1.82, 2.24) is 14.8 Å². The van der Waals surface area contributed by atoms with Crippen molar-refractivity contribution < 1.29 is 9.18 Å². The summed E-state index contributed by atoms with van der Waals surface area (Å²) in [5.41, 5.74) is 2.19. The van der Waals surface area contributed by atoms with Crippen LogP contribution in [0.1, 0.15) is 43.2 Å². The van der Waals surface area contributed by atoms with Crippen molar-refractivity contribution in [2.75, 3.05) is 13.1 Å². The first-order chi connectivity index (χ1) is 13.1. The van der Waals surface area contributed by atoms with Crippen LogP contribution in [0.25, 0.3) is 0 Å². The van der Waals surface area contributed by atoms with Crippen LogP contribution >= 0.6 is 0 Å². The molecule has 2 saturated heterocycles. The highest BCUT2D eigenvalue weighted by molar-refractivity contribution is 5.79. The number of hydrogen-bond acceptors (Lipinski definition) is 3. The highest BCUT2D eigenvalue weighted by Crippen LogP contribution is 2.40. The van der Waals surface area contributed by atoms with Gasteiger partial charge in [-0.15, -0.1) is 0 Å². The van der Waals surface area contributed by atoms with E-state index in [1.165, 1.54) is 17.7 Å². The minimum atomic E-state index is -0.235. The Hall–Kier alpha value is -2.27. The Morgan fingerprint density at radius 1 is 1.00 bits per heavy atom. The van der Waals surface area contributed by atoms with Crippen LogP contribution < -0.4 is 0 Å². The highest BCUT2D eigenvalue weighted by atomic mass is 19.1. The summed E-state index contributed by atoms with van der Waals surface area (Å²) >= 11 is 0. The van der Waals surface area contributed by atoms with Crippen molar-refractivity contribution in [2.45, 2.75) is 50.7 Å². The largest absolute Gasteiger partial charge is 0.333 e. The highest BCUT2D eigenvalue weighted by Gasteiger charge is 2.45. The molecule has 0 saturated carbocycles. The third-order valence-electron chi connectivity index (χ3n) is 6.07. The predicted octanol–water partition coefficient (Wildman–Crippen LogP) is 3.77. The van der Waals surface area contributed by atoms with Gasteiger partial charge in [0, 0.05) is 44.0 Å². The average molecular weight is 367 g/mol. The Balaban J connectivity index is 1.46. The molecule has 142 valence electrons.